The molecule has 0 unspecified atom stereocenters. The molecular formula is C27H29N5O2. The van der Waals surface area contributed by atoms with E-state index in [1.807, 2.05) is 49.4 Å². The topological polar surface area (TPSA) is 81.1 Å². The summed E-state index contributed by atoms with van der Waals surface area (Å²) in [6.45, 7) is 6.87. The molecule has 0 spiro atoms. The van der Waals surface area contributed by atoms with Crippen LogP contribution in [0.1, 0.15) is 34.0 Å². The van der Waals surface area contributed by atoms with Crippen LogP contribution in [0.3, 0.4) is 0 Å². The number of hydrogen-bond acceptors (Lipinski definition) is 6. The molecule has 34 heavy (non-hydrogen) atoms. The number of ether oxygens (including phenoxy) is 1. The van der Waals surface area contributed by atoms with Gasteiger partial charge in [-0.05, 0) is 44.0 Å². The lowest BCUT2D eigenvalue weighted by Crippen LogP contribution is -2.31. The quantitative estimate of drug-likeness (QED) is 0.360. The van der Waals surface area contributed by atoms with Gasteiger partial charge >= 0.3 is 0 Å². The van der Waals surface area contributed by atoms with Crippen LogP contribution >= 0.6 is 0 Å². The van der Waals surface area contributed by atoms with E-state index in [-0.39, 0.29) is 5.91 Å². The smallest absolute Gasteiger partial charge is 0.290 e. The van der Waals surface area contributed by atoms with Gasteiger partial charge < -0.3 is 15.4 Å². The monoisotopic (exact) mass is 455 g/mol. The first-order valence-corrected chi connectivity index (χ1v) is 11.3. The third-order valence-electron chi connectivity index (χ3n) is 5.36. The molecule has 4 aromatic rings. The number of aromatic nitrogens is 3. The molecule has 174 valence electrons. The van der Waals surface area contributed by atoms with Gasteiger partial charge in [0.25, 0.3) is 5.91 Å². The number of carbonyl (C=O) groups is 1. The molecule has 2 N–H and O–H groups in total. The predicted octanol–water partition coefficient (Wildman–Crippen LogP) is 5.23. The van der Waals surface area contributed by atoms with Crippen molar-refractivity contribution in [1.29, 1.82) is 0 Å². The van der Waals surface area contributed by atoms with Crippen LogP contribution in [0, 0.1) is 13.8 Å². The summed E-state index contributed by atoms with van der Waals surface area (Å²) in [4.78, 5) is 17.8. The van der Waals surface area contributed by atoms with E-state index in [1.165, 1.54) is 15.8 Å². The number of nitrogens with zero attached hydrogens (tertiary/aromatic N) is 3. The number of nitrogens with one attached hydrogen (secondary N) is 2. The molecule has 0 amide bonds. The molecule has 0 bridgehead atoms. The number of benzene rings is 3. The molecule has 1 aromatic heterocycles. The Kier molecular flexibility index (Phi) is 7.22. The fourth-order valence-electron chi connectivity index (χ4n) is 3.35. The highest BCUT2D eigenvalue weighted by atomic mass is 16.5. The molecule has 7 nitrogen and oxygen atoms in total. The van der Waals surface area contributed by atoms with Crippen LogP contribution in [-0.2, 0) is 13.1 Å². The van der Waals surface area contributed by atoms with Crippen molar-refractivity contribution >= 4 is 17.8 Å². The lowest BCUT2D eigenvalue weighted by molar-refractivity contribution is 0.0713. The number of anilines is 2. The maximum atomic E-state index is 13.2. The van der Waals surface area contributed by atoms with Gasteiger partial charge in [0.1, 0.15) is 5.75 Å². The molecule has 3 aromatic carbocycles. The first-order chi connectivity index (χ1) is 16.5. The average molecular weight is 456 g/mol. The summed E-state index contributed by atoms with van der Waals surface area (Å²) in [5, 5.41) is 10.9. The van der Waals surface area contributed by atoms with Crippen LogP contribution in [0.5, 0.6) is 5.75 Å². The Morgan fingerprint density at radius 3 is 2.00 bits per heavy atom. The van der Waals surface area contributed by atoms with Gasteiger partial charge in [0.2, 0.25) is 11.9 Å². The number of hydrogen-bond donors (Lipinski definition) is 2. The van der Waals surface area contributed by atoms with Gasteiger partial charge in [0.15, 0.2) is 6.10 Å². The summed E-state index contributed by atoms with van der Waals surface area (Å²) in [5.41, 5.74) is 4.57. The molecule has 0 radical (unpaired) electrons. The van der Waals surface area contributed by atoms with Gasteiger partial charge in [-0.25, -0.2) is 0 Å². The summed E-state index contributed by atoms with van der Waals surface area (Å²) < 4.78 is 7.10. The van der Waals surface area contributed by atoms with Crippen molar-refractivity contribution in [2.75, 3.05) is 10.6 Å². The Balaban J connectivity index is 1.51. The minimum absolute atomic E-state index is 0.314. The Labute approximate surface area is 199 Å². The Hall–Kier alpha value is -4.13. The Morgan fingerprint density at radius 1 is 0.853 bits per heavy atom. The Bertz CT molecular complexity index is 1220. The summed E-state index contributed by atoms with van der Waals surface area (Å²) in [6.07, 6.45) is -0.742. The molecule has 0 aliphatic rings. The van der Waals surface area contributed by atoms with Gasteiger partial charge in [-0.2, -0.15) is 9.67 Å². The van der Waals surface area contributed by atoms with Crippen molar-refractivity contribution in [3.8, 4) is 5.75 Å². The van der Waals surface area contributed by atoms with E-state index in [0.717, 1.165) is 11.1 Å². The first kappa shape index (κ1) is 23.0. The van der Waals surface area contributed by atoms with Crippen LogP contribution in [-0.4, -0.2) is 26.8 Å². The highest BCUT2D eigenvalue weighted by Crippen LogP contribution is 2.16. The maximum absolute atomic E-state index is 13.2. The Morgan fingerprint density at radius 2 is 1.41 bits per heavy atom. The van der Waals surface area contributed by atoms with Crippen molar-refractivity contribution in [1.82, 2.24) is 14.8 Å². The summed E-state index contributed by atoms with van der Waals surface area (Å²) in [5.74, 6) is 1.04. The minimum atomic E-state index is -0.742. The van der Waals surface area contributed by atoms with Gasteiger partial charge in [0, 0.05) is 13.1 Å². The van der Waals surface area contributed by atoms with Crippen LogP contribution in [0.2, 0.25) is 0 Å². The number of para-hydroxylation sites is 1. The number of rotatable bonds is 9. The molecular weight excluding hydrogens is 426 g/mol. The highest BCUT2D eigenvalue weighted by Gasteiger charge is 2.23. The molecule has 0 saturated carbocycles. The normalized spacial score (nSPS) is 11.6. The molecule has 0 fully saturated rings. The number of aryl methyl sites for hydroxylation is 2. The minimum Gasteiger partial charge on any atom is -0.481 e. The lowest BCUT2D eigenvalue weighted by atomic mass is 10.1. The van der Waals surface area contributed by atoms with E-state index in [4.69, 9.17) is 4.74 Å². The molecule has 1 heterocycles. The summed E-state index contributed by atoms with van der Waals surface area (Å²) in [6, 6.07) is 25.7. The van der Waals surface area contributed by atoms with E-state index in [9.17, 15) is 4.79 Å². The van der Waals surface area contributed by atoms with E-state index in [0.29, 0.717) is 30.7 Å². The first-order valence-electron chi connectivity index (χ1n) is 11.3. The van der Waals surface area contributed by atoms with Gasteiger partial charge in [0.05, 0.1) is 0 Å². The zero-order valence-corrected chi connectivity index (χ0v) is 19.7. The molecule has 7 heteroatoms. The largest absolute Gasteiger partial charge is 0.481 e. The maximum Gasteiger partial charge on any atom is 0.290 e. The van der Waals surface area contributed by atoms with Crippen LogP contribution < -0.4 is 15.4 Å². The zero-order chi connectivity index (χ0) is 23.9. The fourth-order valence-corrected chi connectivity index (χ4v) is 3.35. The second-order valence-electron chi connectivity index (χ2n) is 8.26. The average Bonchev–Trinajstić information content (AvgIpc) is 3.26. The van der Waals surface area contributed by atoms with Crippen molar-refractivity contribution in [2.24, 2.45) is 0 Å². The second kappa shape index (κ2) is 10.7. The molecule has 4 rings (SSSR count). The van der Waals surface area contributed by atoms with Gasteiger partial charge in [-0.15, -0.1) is 5.10 Å². The standard InChI is InChI=1S/C27H29N5O2/c1-19-9-13-22(14-10-19)17-28-26-30-27(29-18-23-15-11-20(2)12-16-23)32(31-26)25(33)21(3)34-24-7-5-4-6-8-24/h4-16,21H,17-18H2,1-3H3,(H2,28,29,30,31)/t21-/m1/s1. The zero-order valence-electron chi connectivity index (χ0n) is 19.7. The predicted molar refractivity (Wildman–Crippen MR) is 134 cm³/mol. The van der Waals surface area contributed by atoms with Crippen molar-refractivity contribution < 1.29 is 9.53 Å². The van der Waals surface area contributed by atoms with E-state index in [1.54, 1.807) is 6.92 Å². The molecule has 0 saturated heterocycles. The lowest BCUT2D eigenvalue weighted by Gasteiger charge is -2.14. The van der Waals surface area contributed by atoms with Crippen LogP contribution in [0.15, 0.2) is 78.9 Å². The van der Waals surface area contributed by atoms with Gasteiger partial charge in [-0.3, -0.25) is 4.79 Å². The third kappa shape index (κ3) is 6.01. The van der Waals surface area contributed by atoms with E-state index < -0.39 is 6.10 Å². The summed E-state index contributed by atoms with van der Waals surface area (Å²) in [7, 11) is 0. The SMILES string of the molecule is Cc1ccc(CNc2nc(NCc3ccc(C)cc3)n(C(=O)[C@@H](C)Oc3ccccc3)n2)cc1. The number of carbonyl (C=O) groups excluding carboxylic acids is 1. The van der Waals surface area contributed by atoms with Crippen LogP contribution in [0.25, 0.3) is 0 Å². The highest BCUT2D eigenvalue weighted by molar-refractivity contribution is 5.85. The van der Waals surface area contributed by atoms with Crippen molar-refractivity contribution in [3.63, 3.8) is 0 Å². The van der Waals surface area contributed by atoms with E-state index in [2.05, 4.69) is 64.0 Å². The third-order valence-corrected chi connectivity index (χ3v) is 5.36. The molecule has 0 aliphatic heterocycles. The van der Waals surface area contributed by atoms with Crippen molar-refractivity contribution in [3.05, 3.63) is 101 Å². The summed E-state index contributed by atoms with van der Waals surface area (Å²) >= 11 is 0. The van der Waals surface area contributed by atoms with Crippen LogP contribution in [0.4, 0.5) is 11.9 Å². The van der Waals surface area contributed by atoms with Crippen molar-refractivity contribution in [2.45, 2.75) is 40.0 Å². The second-order valence-corrected chi connectivity index (χ2v) is 8.26. The fraction of sp³-hybridized carbons (Fsp3) is 0.222. The van der Waals surface area contributed by atoms with Gasteiger partial charge in [-0.1, -0.05) is 77.9 Å². The molecule has 0 aliphatic carbocycles. The molecule has 1 atom stereocenters. The van der Waals surface area contributed by atoms with E-state index >= 15 is 0 Å².